The van der Waals surface area contributed by atoms with E-state index in [1.807, 2.05) is 29.6 Å². The van der Waals surface area contributed by atoms with Crippen LogP contribution < -0.4 is 11.1 Å². The van der Waals surface area contributed by atoms with E-state index in [-0.39, 0.29) is 30.2 Å². The molecule has 1 saturated heterocycles. The lowest BCUT2D eigenvalue weighted by Gasteiger charge is -2.16. The standard InChI is InChI=1S/C19H22N4O3S/c20-18(21)13-7-5-12(6-8-13)3-1-2-4-15(24)23-14-11-16(25)26-17(14)19-22-9-10-27-19/h5-10,14,17H,1-4,11H2,(H3,20,21)(H,23,24)/t14-,17+/m0/s1. The van der Waals surface area contributed by atoms with Gasteiger partial charge in [-0.2, -0.15) is 0 Å². The first kappa shape index (κ1) is 19.0. The molecule has 1 aliphatic heterocycles. The number of aryl methyl sites for hydroxylation is 1. The summed E-state index contributed by atoms with van der Waals surface area (Å²) >= 11 is 1.41. The molecule has 1 fully saturated rings. The second kappa shape index (κ2) is 8.77. The molecule has 0 bridgehead atoms. The Morgan fingerprint density at radius 1 is 1.33 bits per heavy atom. The molecule has 1 aromatic heterocycles. The van der Waals surface area contributed by atoms with Crippen LogP contribution in [0.25, 0.3) is 0 Å². The van der Waals surface area contributed by atoms with Gasteiger partial charge in [-0.15, -0.1) is 11.3 Å². The number of hydrogen-bond donors (Lipinski definition) is 3. The highest BCUT2D eigenvalue weighted by atomic mass is 32.1. The fraction of sp³-hybridized carbons (Fsp3) is 0.368. The van der Waals surface area contributed by atoms with Gasteiger partial charge in [-0.05, 0) is 24.8 Å². The van der Waals surface area contributed by atoms with Gasteiger partial charge in [0, 0.05) is 23.6 Å². The minimum Gasteiger partial charge on any atom is -0.453 e. The SMILES string of the molecule is N=C(N)c1ccc(CCCCC(=O)N[C@H]2CC(=O)O[C@H]2c2nccs2)cc1. The number of thiazole rings is 1. The van der Waals surface area contributed by atoms with Gasteiger partial charge in [0.2, 0.25) is 5.91 Å². The summed E-state index contributed by atoms with van der Waals surface area (Å²) in [7, 11) is 0. The first-order chi connectivity index (χ1) is 13.0. The molecule has 142 valence electrons. The number of benzene rings is 1. The number of ether oxygens (including phenoxy) is 1. The fourth-order valence-corrected chi connectivity index (χ4v) is 3.76. The molecular weight excluding hydrogens is 364 g/mol. The van der Waals surface area contributed by atoms with E-state index in [4.69, 9.17) is 15.9 Å². The van der Waals surface area contributed by atoms with E-state index in [2.05, 4.69) is 10.3 Å². The second-order valence-electron chi connectivity index (χ2n) is 6.48. The number of carbonyl (C=O) groups is 2. The third-order valence-corrected chi connectivity index (χ3v) is 5.27. The quantitative estimate of drug-likeness (QED) is 0.278. The summed E-state index contributed by atoms with van der Waals surface area (Å²) in [5.74, 6) is -0.329. The molecular formula is C19H22N4O3S. The Morgan fingerprint density at radius 2 is 2.11 bits per heavy atom. The topological polar surface area (TPSA) is 118 Å². The number of unbranched alkanes of at least 4 members (excludes halogenated alkanes) is 1. The van der Waals surface area contributed by atoms with Crippen molar-refractivity contribution in [3.63, 3.8) is 0 Å². The molecule has 0 radical (unpaired) electrons. The molecule has 2 heterocycles. The summed E-state index contributed by atoms with van der Waals surface area (Å²) in [6.07, 6.45) is 4.25. The van der Waals surface area contributed by atoms with Crippen LogP contribution in [0.4, 0.5) is 0 Å². The number of aromatic nitrogens is 1. The number of rotatable bonds is 8. The van der Waals surface area contributed by atoms with Crippen LogP contribution in [0, 0.1) is 5.41 Å². The van der Waals surface area contributed by atoms with Gasteiger partial charge in [0.15, 0.2) is 6.10 Å². The Balaban J connectivity index is 1.41. The van der Waals surface area contributed by atoms with Crippen LogP contribution in [0.15, 0.2) is 35.8 Å². The van der Waals surface area contributed by atoms with E-state index in [1.165, 1.54) is 11.3 Å². The van der Waals surface area contributed by atoms with Crippen molar-refractivity contribution >= 4 is 29.0 Å². The van der Waals surface area contributed by atoms with Crippen molar-refractivity contribution in [2.45, 2.75) is 44.2 Å². The Hall–Kier alpha value is -2.74. The molecule has 3 rings (SSSR count). The number of amides is 1. The fourth-order valence-electron chi connectivity index (χ4n) is 3.03. The monoisotopic (exact) mass is 386 g/mol. The number of cyclic esters (lactones) is 1. The van der Waals surface area contributed by atoms with Gasteiger partial charge in [0.25, 0.3) is 0 Å². The van der Waals surface area contributed by atoms with E-state index >= 15 is 0 Å². The zero-order chi connectivity index (χ0) is 19.2. The highest BCUT2D eigenvalue weighted by Crippen LogP contribution is 2.31. The summed E-state index contributed by atoms with van der Waals surface area (Å²) in [4.78, 5) is 28.0. The molecule has 0 saturated carbocycles. The number of nitrogen functional groups attached to an aromatic ring is 1. The first-order valence-corrected chi connectivity index (χ1v) is 9.72. The number of carbonyl (C=O) groups excluding carboxylic acids is 2. The molecule has 0 spiro atoms. The van der Waals surface area contributed by atoms with Gasteiger partial charge in [0.1, 0.15) is 10.8 Å². The number of hydrogen-bond acceptors (Lipinski definition) is 6. The average Bonchev–Trinajstić information content (AvgIpc) is 3.28. The maximum Gasteiger partial charge on any atom is 0.308 e. The van der Waals surface area contributed by atoms with Crippen molar-refractivity contribution in [3.05, 3.63) is 52.0 Å². The first-order valence-electron chi connectivity index (χ1n) is 8.84. The summed E-state index contributed by atoms with van der Waals surface area (Å²) in [5.41, 5.74) is 7.30. The number of esters is 1. The molecule has 4 N–H and O–H groups in total. The van der Waals surface area contributed by atoms with E-state index in [0.717, 1.165) is 24.8 Å². The minimum absolute atomic E-state index is 0.0589. The molecule has 0 unspecified atom stereocenters. The minimum atomic E-state index is -0.485. The third kappa shape index (κ3) is 5.13. The maximum atomic E-state index is 12.2. The Bertz CT molecular complexity index is 805. The van der Waals surface area contributed by atoms with E-state index in [9.17, 15) is 9.59 Å². The molecule has 7 nitrogen and oxygen atoms in total. The van der Waals surface area contributed by atoms with Gasteiger partial charge in [-0.3, -0.25) is 15.0 Å². The molecule has 8 heteroatoms. The summed E-state index contributed by atoms with van der Waals surface area (Å²) in [6, 6.07) is 7.23. The van der Waals surface area contributed by atoms with Gasteiger partial charge in [0.05, 0.1) is 12.5 Å². The van der Waals surface area contributed by atoms with Crippen molar-refractivity contribution in [2.75, 3.05) is 0 Å². The van der Waals surface area contributed by atoms with Crippen LogP contribution in [0.5, 0.6) is 0 Å². The van der Waals surface area contributed by atoms with Crippen molar-refractivity contribution in [1.29, 1.82) is 5.41 Å². The van der Waals surface area contributed by atoms with Crippen LogP contribution >= 0.6 is 11.3 Å². The Morgan fingerprint density at radius 3 is 2.78 bits per heavy atom. The Labute approximate surface area is 161 Å². The Kier molecular flexibility index (Phi) is 6.18. The second-order valence-corrected chi connectivity index (χ2v) is 7.40. The average molecular weight is 386 g/mol. The molecule has 27 heavy (non-hydrogen) atoms. The maximum absolute atomic E-state index is 12.2. The number of nitrogens with two attached hydrogens (primary N) is 1. The zero-order valence-electron chi connectivity index (χ0n) is 14.8. The smallest absolute Gasteiger partial charge is 0.308 e. The van der Waals surface area contributed by atoms with Gasteiger partial charge in [-0.25, -0.2) is 4.98 Å². The van der Waals surface area contributed by atoms with Gasteiger partial charge in [-0.1, -0.05) is 24.3 Å². The van der Waals surface area contributed by atoms with Crippen molar-refractivity contribution < 1.29 is 14.3 Å². The van der Waals surface area contributed by atoms with Crippen molar-refractivity contribution in [3.8, 4) is 0 Å². The predicted molar refractivity (Wildman–Crippen MR) is 103 cm³/mol. The van der Waals surface area contributed by atoms with Crippen LogP contribution in [-0.4, -0.2) is 28.7 Å². The predicted octanol–water partition coefficient (Wildman–Crippen LogP) is 2.31. The highest BCUT2D eigenvalue weighted by molar-refractivity contribution is 7.09. The number of nitrogens with one attached hydrogen (secondary N) is 2. The molecule has 2 atom stereocenters. The lowest BCUT2D eigenvalue weighted by molar-refractivity contribution is -0.141. The summed E-state index contributed by atoms with van der Waals surface area (Å²) in [6.45, 7) is 0. The highest BCUT2D eigenvalue weighted by Gasteiger charge is 2.38. The molecule has 1 aromatic carbocycles. The van der Waals surface area contributed by atoms with E-state index in [1.54, 1.807) is 6.20 Å². The third-order valence-electron chi connectivity index (χ3n) is 4.44. The van der Waals surface area contributed by atoms with Crippen molar-refractivity contribution in [2.24, 2.45) is 5.73 Å². The summed E-state index contributed by atoms with van der Waals surface area (Å²) < 4.78 is 5.30. The normalized spacial score (nSPS) is 18.9. The van der Waals surface area contributed by atoms with Crippen LogP contribution in [0.1, 0.15) is 47.9 Å². The van der Waals surface area contributed by atoms with Crippen molar-refractivity contribution in [1.82, 2.24) is 10.3 Å². The van der Waals surface area contributed by atoms with Crippen LogP contribution in [-0.2, 0) is 20.7 Å². The molecule has 1 amide bonds. The van der Waals surface area contributed by atoms with E-state index < -0.39 is 6.10 Å². The van der Waals surface area contributed by atoms with Gasteiger partial charge < -0.3 is 15.8 Å². The lowest BCUT2D eigenvalue weighted by atomic mass is 10.0. The van der Waals surface area contributed by atoms with Gasteiger partial charge >= 0.3 is 5.97 Å². The molecule has 2 aromatic rings. The largest absolute Gasteiger partial charge is 0.453 e. The van der Waals surface area contributed by atoms with E-state index in [0.29, 0.717) is 17.0 Å². The summed E-state index contributed by atoms with van der Waals surface area (Å²) in [5, 5.41) is 12.8. The van der Waals surface area contributed by atoms with Crippen LogP contribution in [0.3, 0.4) is 0 Å². The number of nitrogens with zero attached hydrogens (tertiary/aromatic N) is 1. The molecule has 1 aliphatic rings. The molecule has 0 aliphatic carbocycles. The zero-order valence-corrected chi connectivity index (χ0v) is 15.6. The number of amidine groups is 1. The van der Waals surface area contributed by atoms with Crippen LogP contribution in [0.2, 0.25) is 0 Å². The lowest BCUT2D eigenvalue weighted by Crippen LogP contribution is -2.36.